The predicted octanol–water partition coefficient (Wildman–Crippen LogP) is 2.82. The Labute approximate surface area is 97.3 Å². The molecule has 0 heterocycles. The summed E-state index contributed by atoms with van der Waals surface area (Å²) in [6, 6.07) is 13.4. The van der Waals surface area contributed by atoms with Crippen molar-refractivity contribution in [2.24, 2.45) is 0 Å². The highest BCUT2D eigenvalue weighted by Gasteiger charge is 2.25. The average molecular weight is 214 g/mol. The van der Waals surface area contributed by atoms with Crippen molar-refractivity contribution >= 4 is 0 Å². The van der Waals surface area contributed by atoms with E-state index in [1.165, 1.54) is 18.4 Å². The summed E-state index contributed by atoms with van der Waals surface area (Å²) in [6.45, 7) is 2.19. The second-order valence-corrected chi connectivity index (χ2v) is 4.67. The molecule has 1 saturated carbocycles. The Bertz CT molecular complexity index is 362. The molecule has 0 aliphatic heterocycles. The smallest absolute Gasteiger partial charge is 0.0960 e. The minimum absolute atomic E-state index is 0.00251. The van der Waals surface area contributed by atoms with Crippen LogP contribution in [0.2, 0.25) is 0 Å². The number of hydrogen-bond acceptors (Lipinski definition) is 2. The lowest BCUT2D eigenvalue weighted by Crippen LogP contribution is -2.30. The van der Waals surface area contributed by atoms with E-state index in [1.807, 2.05) is 6.07 Å². The van der Waals surface area contributed by atoms with Crippen LogP contribution in [0.3, 0.4) is 0 Å². The zero-order valence-electron chi connectivity index (χ0n) is 9.69. The van der Waals surface area contributed by atoms with E-state index in [4.69, 9.17) is 5.26 Å². The highest BCUT2D eigenvalue weighted by Crippen LogP contribution is 2.24. The van der Waals surface area contributed by atoms with Crippen LogP contribution in [0.25, 0.3) is 0 Å². The van der Waals surface area contributed by atoms with Crippen molar-refractivity contribution in [1.29, 1.82) is 5.26 Å². The summed E-state index contributed by atoms with van der Waals surface area (Å²) in [5.74, 6) is 0.442. The Hall–Kier alpha value is -1.33. The van der Waals surface area contributed by atoms with E-state index in [-0.39, 0.29) is 6.04 Å². The highest BCUT2D eigenvalue weighted by atomic mass is 15.0. The molecule has 1 aromatic rings. The fraction of sp³-hybridized carbons (Fsp3) is 0.500. The van der Waals surface area contributed by atoms with Gasteiger partial charge in [0, 0.05) is 6.04 Å². The molecular formula is C14H18N2. The molecule has 1 aliphatic rings. The zero-order valence-corrected chi connectivity index (χ0v) is 9.69. The quantitative estimate of drug-likeness (QED) is 0.818. The topological polar surface area (TPSA) is 35.8 Å². The average Bonchev–Trinajstić information content (AvgIpc) is 3.13. The number of rotatable bonds is 5. The van der Waals surface area contributed by atoms with Crippen molar-refractivity contribution < 1.29 is 0 Å². The summed E-state index contributed by atoms with van der Waals surface area (Å²) < 4.78 is 0. The molecule has 16 heavy (non-hydrogen) atoms. The fourth-order valence-corrected chi connectivity index (χ4v) is 1.96. The van der Waals surface area contributed by atoms with E-state index in [2.05, 4.69) is 42.6 Å². The second-order valence-electron chi connectivity index (χ2n) is 4.67. The third kappa shape index (κ3) is 3.08. The molecule has 0 radical (unpaired) electrons. The van der Waals surface area contributed by atoms with E-state index in [0.717, 1.165) is 6.42 Å². The Balaban J connectivity index is 1.90. The first-order chi connectivity index (χ1) is 7.79. The molecule has 2 nitrogen and oxygen atoms in total. The number of nitrogens with zero attached hydrogens (tertiary/aromatic N) is 1. The van der Waals surface area contributed by atoms with Gasteiger partial charge in [-0.25, -0.2) is 0 Å². The monoisotopic (exact) mass is 214 g/mol. The first-order valence-electron chi connectivity index (χ1n) is 6.00. The standard InChI is InChI=1S/C14H18N2/c1-11(12-5-3-2-4-6-12)9-14(10-15)16-13-7-8-13/h2-6,11,13-14,16H,7-9H2,1H3. The predicted molar refractivity (Wildman–Crippen MR) is 65.0 cm³/mol. The second kappa shape index (κ2) is 5.14. The largest absolute Gasteiger partial charge is 0.299 e. The van der Waals surface area contributed by atoms with Gasteiger partial charge in [-0.05, 0) is 30.7 Å². The third-order valence-electron chi connectivity index (χ3n) is 3.13. The van der Waals surface area contributed by atoms with Gasteiger partial charge in [0.2, 0.25) is 0 Å². The van der Waals surface area contributed by atoms with Crippen molar-refractivity contribution in [2.45, 2.75) is 44.2 Å². The lowest BCUT2D eigenvalue weighted by molar-refractivity contribution is 0.520. The molecule has 1 N–H and O–H groups in total. The van der Waals surface area contributed by atoms with Crippen molar-refractivity contribution in [2.75, 3.05) is 0 Å². The van der Waals surface area contributed by atoms with Crippen molar-refractivity contribution in [1.82, 2.24) is 5.32 Å². The zero-order chi connectivity index (χ0) is 11.4. The van der Waals surface area contributed by atoms with Crippen LogP contribution in [0.4, 0.5) is 0 Å². The van der Waals surface area contributed by atoms with Crippen molar-refractivity contribution in [3.8, 4) is 6.07 Å². The van der Waals surface area contributed by atoms with Gasteiger partial charge >= 0.3 is 0 Å². The molecule has 0 saturated heterocycles. The van der Waals surface area contributed by atoms with E-state index in [0.29, 0.717) is 12.0 Å². The first kappa shape index (κ1) is 11.2. The third-order valence-corrected chi connectivity index (χ3v) is 3.13. The molecule has 2 atom stereocenters. The van der Waals surface area contributed by atoms with Crippen molar-refractivity contribution in [3.05, 3.63) is 35.9 Å². The Morgan fingerprint density at radius 3 is 2.62 bits per heavy atom. The molecule has 0 spiro atoms. The molecule has 0 aromatic heterocycles. The Morgan fingerprint density at radius 2 is 2.06 bits per heavy atom. The Morgan fingerprint density at radius 1 is 1.38 bits per heavy atom. The van der Waals surface area contributed by atoms with E-state index < -0.39 is 0 Å². The molecule has 1 aromatic carbocycles. The Kier molecular flexibility index (Phi) is 3.58. The summed E-state index contributed by atoms with van der Waals surface area (Å²) in [7, 11) is 0. The maximum atomic E-state index is 9.09. The molecule has 1 fully saturated rings. The van der Waals surface area contributed by atoms with Crippen LogP contribution in [0.5, 0.6) is 0 Å². The molecule has 1 aliphatic carbocycles. The molecule has 2 unspecified atom stereocenters. The van der Waals surface area contributed by atoms with Gasteiger partial charge < -0.3 is 0 Å². The first-order valence-corrected chi connectivity index (χ1v) is 6.00. The molecule has 0 amide bonds. The normalized spacial score (nSPS) is 18.8. The SMILES string of the molecule is CC(CC(C#N)NC1CC1)c1ccccc1. The lowest BCUT2D eigenvalue weighted by atomic mass is 9.94. The van der Waals surface area contributed by atoms with Crippen LogP contribution in [-0.4, -0.2) is 12.1 Å². The van der Waals surface area contributed by atoms with Gasteiger partial charge in [-0.15, -0.1) is 0 Å². The van der Waals surface area contributed by atoms with Gasteiger partial charge in [-0.1, -0.05) is 37.3 Å². The molecular weight excluding hydrogens is 196 g/mol. The van der Waals surface area contributed by atoms with E-state index in [1.54, 1.807) is 0 Å². The minimum Gasteiger partial charge on any atom is -0.299 e. The van der Waals surface area contributed by atoms with Gasteiger partial charge in [0.05, 0.1) is 12.1 Å². The van der Waals surface area contributed by atoms with Crippen LogP contribution < -0.4 is 5.32 Å². The summed E-state index contributed by atoms with van der Waals surface area (Å²) in [5.41, 5.74) is 1.32. The number of hydrogen-bond donors (Lipinski definition) is 1. The summed E-state index contributed by atoms with van der Waals surface area (Å²) in [6.07, 6.45) is 3.37. The van der Waals surface area contributed by atoms with Gasteiger partial charge in [-0.2, -0.15) is 5.26 Å². The van der Waals surface area contributed by atoms with Crippen molar-refractivity contribution in [3.63, 3.8) is 0 Å². The van der Waals surface area contributed by atoms with Crippen LogP contribution in [0.15, 0.2) is 30.3 Å². The number of nitrogens with one attached hydrogen (secondary N) is 1. The molecule has 84 valence electrons. The summed E-state index contributed by atoms with van der Waals surface area (Å²) in [4.78, 5) is 0. The van der Waals surface area contributed by atoms with Crippen LogP contribution >= 0.6 is 0 Å². The highest BCUT2D eigenvalue weighted by molar-refractivity contribution is 5.19. The van der Waals surface area contributed by atoms with Crippen LogP contribution in [0.1, 0.15) is 37.7 Å². The number of nitriles is 1. The maximum absolute atomic E-state index is 9.09. The van der Waals surface area contributed by atoms with Gasteiger partial charge in [0.1, 0.15) is 0 Å². The van der Waals surface area contributed by atoms with Gasteiger partial charge in [0.25, 0.3) is 0 Å². The molecule has 0 bridgehead atoms. The maximum Gasteiger partial charge on any atom is 0.0960 e. The van der Waals surface area contributed by atoms with Crippen LogP contribution in [-0.2, 0) is 0 Å². The fourth-order valence-electron chi connectivity index (χ4n) is 1.96. The van der Waals surface area contributed by atoms with E-state index >= 15 is 0 Å². The van der Waals surface area contributed by atoms with Gasteiger partial charge in [-0.3, -0.25) is 5.32 Å². The summed E-state index contributed by atoms with van der Waals surface area (Å²) >= 11 is 0. The molecule has 2 heteroatoms. The van der Waals surface area contributed by atoms with E-state index in [9.17, 15) is 0 Å². The number of benzene rings is 1. The minimum atomic E-state index is 0.00251. The lowest BCUT2D eigenvalue weighted by Gasteiger charge is -2.16. The molecule has 2 rings (SSSR count). The summed E-state index contributed by atoms with van der Waals surface area (Å²) in [5, 5.41) is 12.5. The van der Waals surface area contributed by atoms with Crippen LogP contribution in [0, 0.1) is 11.3 Å². The van der Waals surface area contributed by atoms with Gasteiger partial charge in [0.15, 0.2) is 0 Å².